The van der Waals surface area contributed by atoms with Crippen molar-refractivity contribution in [1.82, 2.24) is 15.0 Å². The molecular weight excluding hydrogens is 398 g/mol. The van der Waals surface area contributed by atoms with E-state index in [0.29, 0.717) is 28.7 Å². The second-order valence-corrected chi connectivity index (χ2v) is 7.59. The van der Waals surface area contributed by atoms with E-state index in [0.717, 1.165) is 5.56 Å². The van der Waals surface area contributed by atoms with Gasteiger partial charge in [0.1, 0.15) is 29.4 Å². The van der Waals surface area contributed by atoms with Crippen LogP contribution in [-0.4, -0.2) is 57.7 Å². The summed E-state index contributed by atoms with van der Waals surface area (Å²) in [4.78, 5) is 11.9. The van der Waals surface area contributed by atoms with Gasteiger partial charge < -0.3 is 29.0 Å². The Labute approximate surface area is 171 Å². The molecule has 0 saturated carbocycles. The molecule has 3 aromatic rings. The zero-order chi connectivity index (χ0) is 20.0. The molecule has 2 aromatic heterocycles. The fraction of sp³-hybridized carbons (Fsp3) is 0.400. The van der Waals surface area contributed by atoms with Crippen molar-refractivity contribution in [1.29, 1.82) is 0 Å². The number of ether oxygens (including phenoxy) is 4. The molecule has 0 aliphatic carbocycles. The van der Waals surface area contributed by atoms with Crippen LogP contribution in [0.15, 0.2) is 36.4 Å². The maximum atomic E-state index is 9.85. The van der Waals surface area contributed by atoms with E-state index in [4.69, 9.17) is 30.5 Å². The van der Waals surface area contributed by atoms with Crippen LogP contribution in [0.1, 0.15) is 18.6 Å². The van der Waals surface area contributed by atoms with Gasteiger partial charge in [0.25, 0.3) is 6.01 Å². The van der Waals surface area contributed by atoms with Gasteiger partial charge in [-0.1, -0.05) is 41.9 Å². The third-order valence-corrected chi connectivity index (χ3v) is 5.45. The van der Waals surface area contributed by atoms with E-state index in [2.05, 4.69) is 15.0 Å². The standard InChI is InChI=1S/C20H20ClN3O5/c1-10(11-5-3-2-4-6-11)28-19-12(21)7-13-18(23-19)24-20(22-13)29-15-9-27-16-14(25)8-26-17(15)16/h2-7,10,14-17,25H,8-9H2,1H3,(H,22,23,24)/t10?,14-,15-,16-,17-/m1/s1. The average Bonchev–Trinajstić information content (AvgIpc) is 3.40. The van der Waals surface area contributed by atoms with Crippen LogP contribution in [0.4, 0.5) is 0 Å². The summed E-state index contributed by atoms with van der Waals surface area (Å²) in [5, 5.41) is 10.2. The Morgan fingerprint density at radius 2 is 1.97 bits per heavy atom. The highest BCUT2D eigenvalue weighted by molar-refractivity contribution is 6.32. The van der Waals surface area contributed by atoms with Crippen LogP contribution in [0.3, 0.4) is 0 Å². The normalized spacial score (nSPS) is 27.1. The monoisotopic (exact) mass is 417 g/mol. The molecule has 0 radical (unpaired) electrons. The number of aromatic nitrogens is 3. The molecule has 2 aliphatic heterocycles. The largest absolute Gasteiger partial charge is 0.469 e. The Bertz CT molecular complexity index is 1010. The second kappa shape index (κ2) is 7.46. The Morgan fingerprint density at radius 3 is 2.79 bits per heavy atom. The number of pyridine rings is 1. The zero-order valence-corrected chi connectivity index (χ0v) is 16.4. The number of hydrogen-bond donors (Lipinski definition) is 2. The molecule has 1 unspecified atom stereocenters. The molecule has 4 heterocycles. The predicted octanol–water partition coefficient (Wildman–Crippen LogP) is 2.66. The molecule has 9 heteroatoms. The molecule has 2 aliphatic rings. The molecule has 5 atom stereocenters. The van der Waals surface area contributed by atoms with Gasteiger partial charge in [0, 0.05) is 0 Å². The molecular formula is C20H20ClN3O5. The van der Waals surface area contributed by atoms with Crippen LogP contribution < -0.4 is 9.47 Å². The number of halogens is 1. The van der Waals surface area contributed by atoms with E-state index in [1.165, 1.54) is 0 Å². The molecule has 0 amide bonds. The third-order valence-electron chi connectivity index (χ3n) is 5.18. The first-order valence-electron chi connectivity index (χ1n) is 9.44. The van der Waals surface area contributed by atoms with Gasteiger partial charge >= 0.3 is 0 Å². The van der Waals surface area contributed by atoms with Crippen LogP contribution in [-0.2, 0) is 9.47 Å². The molecule has 2 saturated heterocycles. The van der Waals surface area contributed by atoms with E-state index in [1.807, 2.05) is 37.3 Å². The molecule has 0 bridgehead atoms. The van der Waals surface area contributed by atoms with E-state index in [9.17, 15) is 5.11 Å². The molecule has 1 aromatic carbocycles. The quantitative estimate of drug-likeness (QED) is 0.658. The highest BCUT2D eigenvalue weighted by atomic mass is 35.5. The first-order valence-corrected chi connectivity index (χ1v) is 9.82. The second-order valence-electron chi connectivity index (χ2n) is 7.18. The SMILES string of the molecule is CC(Oc1nc2nc(O[C@@H]3CO[C@H]4[C@@H]3OC[C@H]4O)[nH]c2cc1Cl)c1ccccc1. The number of nitrogens with zero attached hydrogens (tertiary/aromatic N) is 2. The van der Waals surface area contributed by atoms with Gasteiger partial charge in [-0.2, -0.15) is 9.97 Å². The highest BCUT2D eigenvalue weighted by Crippen LogP contribution is 2.32. The summed E-state index contributed by atoms with van der Waals surface area (Å²) in [6.07, 6.45) is -1.89. The number of aliphatic hydroxyl groups excluding tert-OH is 1. The van der Waals surface area contributed by atoms with Crippen LogP contribution in [0.5, 0.6) is 11.9 Å². The first kappa shape index (κ1) is 18.6. The summed E-state index contributed by atoms with van der Waals surface area (Å²) >= 11 is 6.36. The van der Waals surface area contributed by atoms with E-state index >= 15 is 0 Å². The van der Waals surface area contributed by atoms with Crippen molar-refractivity contribution >= 4 is 22.8 Å². The Balaban J connectivity index is 1.34. The van der Waals surface area contributed by atoms with Crippen molar-refractivity contribution in [2.24, 2.45) is 0 Å². The molecule has 2 N–H and O–H groups in total. The maximum absolute atomic E-state index is 9.85. The lowest BCUT2D eigenvalue weighted by Crippen LogP contribution is -2.34. The molecule has 29 heavy (non-hydrogen) atoms. The number of H-pyrrole nitrogens is 1. The molecule has 0 spiro atoms. The number of hydrogen-bond acceptors (Lipinski definition) is 7. The summed E-state index contributed by atoms with van der Waals surface area (Å²) in [6.45, 7) is 2.50. The number of benzene rings is 1. The zero-order valence-electron chi connectivity index (χ0n) is 15.6. The summed E-state index contributed by atoms with van der Waals surface area (Å²) in [7, 11) is 0. The lowest BCUT2D eigenvalue weighted by atomic mass is 10.1. The molecule has 5 rings (SSSR count). The maximum Gasteiger partial charge on any atom is 0.296 e. The van der Waals surface area contributed by atoms with Crippen molar-refractivity contribution in [3.8, 4) is 11.9 Å². The van der Waals surface area contributed by atoms with Gasteiger partial charge in [-0.3, -0.25) is 0 Å². The Morgan fingerprint density at radius 1 is 1.17 bits per heavy atom. The lowest BCUT2D eigenvalue weighted by molar-refractivity contribution is 0.00706. The fourth-order valence-corrected chi connectivity index (χ4v) is 3.86. The molecule has 2 fully saturated rings. The smallest absolute Gasteiger partial charge is 0.296 e. The van der Waals surface area contributed by atoms with E-state index in [-0.39, 0.29) is 37.0 Å². The minimum atomic E-state index is -0.629. The molecule has 8 nitrogen and oxygen atoms in total. The van der Waals surface area contributed by atoms with Gasteiger partial charge in [0.15, 0.2) is 11.8 Å². The van der Waals surface area contributed by atoms with Crippen molar-refractivity contribution in [3.05, 3.63) is 47.0 Å². The predicted molar refractivity (Wildman–Crippen MR) is 104 cm³/mol. The van der Waals surface area contributed by atoms with E-state index < -0.39 is 6.10 Å². The number of aromatic amines is 1. The van der Waals surface area contributed by atoms with Gasteiger partial charge in [-0.25, -0.2) is 0 Å². The van der Waals surface area contributed by atoms with Crippen LogP contribution in [0.2, 0.25) is 5.02 Å². The van der Waals surface area contributed by atoms with Gasteiger partial charge in [-0.05, 0) is 18.6 Å². The molecule has 152 valence electrons. The van der Waals surface area contributed by atoms with Crippen molar-refractivity contribution in [2.75, 3.05) is 13.2 Å². The van der Waals surface area contributed by atoms with Crippen LogP contribution >= 0.6 is 11.6 Å². The van der Waals surface area contributed by atoms with Gasteiger partial charge in [0.2, 0.25) is 5.88 Å². The fourth-order valence-electron chi connectivity index (χ4n) is 3.67. The number of fused-ring (bicyclic) bond motifs is 2. The number of aliphatic hydroxyl groups is 1. The first-order chi connectivity index (χ1) is 14.1. The third kappa shape index (κ3) is 3.53. The summed E-state index contributed by atoms with van der Waals surface area (Å²) < 4.78 is 23.0. The van der Waals surface area contributed by atoms with Crippen molar-refractivity contribution < 1.29 is 24.1 Å². The highest BCUT2D eigenvalue weighted by Gasteiger charge is 2.48. The Hall–Kier alpha value is -2.39. The Kier molecular flexibility index (Phi) is 4.79. The van der Waals surface area contributed by atoms with Gasteiger partial charge in [0.05, 0.1) is 18.7 Å². The lowest BCUT2D eigenvalue weighted by Gasteiger charge is -2.15. The number of nitrogens with one attached hydrogen (secondary N) is 1. The average molecular weight is 418 g/mol. The minimum absolute atomic E-state index is 0.216. The summed E-state index contributed by atoms with van der Waals surface area (Å²) in [5.74, 6) is 0.306. The topological polar surface area (TPSA) is 98.7 Å². The van der Waals surface area contributed by atoms with Crippen LogP contribution in [0.25, 0.3) is 11.2 Å². The van der Waals surface area contributed by atoms with E-state index in [1.54, 1.807) is 6.07 Å². The van der Waals surface area contributed by atoms with Crippen LogP contribution in [0, 0.1) is 0 Å². The number of imidazole rings is 1. The summed E-state index contributed by atoms with van der Waals surface area (Å²) in [6, 6.07) is 11.8. The van der Waals surface area contributed by atoms with Crippen molar-refractivity contribution in [2.45, 2.75) is 37.4 Å². The van der Waals surface area contributed by atoms with Gasteiger partial charge in [-0.15, -0.1) is 0 Å². The minimum Gasteiger partial charge on any atom is -0.469 e. The summed E-state index contributed by atoms with van der Waals surface area (Å²) in [5.41, 5.74) is 2.08. The van der Waals surface area contributed by atoms with Crippen molar-refractivity contribution in [3.63, 3.8) is 0 Å². The number of rotatable bonds is 5.